The predicted molar refractivity (Wildman–Crippen MR) is 264 cm³/mol. The van der Waals surface area contributed by atoms with Gasteiger partial charge in [0.2, 0.25) is 0 Å². The third-order valence-corrected chi connectivity index (χ3v) is 10.2. The van der Waals surface area contributed by atoms with E-state index in [1.165, 1.54) is 0 Å². The summed E-state index contributed by atoms with van der Waals surface area (Å²) in [4.78, 5) is 57.0. The van der Waals surface area contributed by atoms with E-state index in [-0.39, 0.29) is 17.1 Å². The molecule has 1 aromatic carbocycles. The summed E-state index contributed by atoms with van der Waals surface area (Å²) in [6.45, 7) is 5.04. The fourth-order valence-electron chi connectivity index (χ4n) is 7.26. The Morgan fingerprint density at radius 2 is 0.712 bits per heavy atom. The Hall–Kier alpha value is -8.57. The van der Waals surface area contributed by atoms with Crippen LogP contribution in [0.15, 0.2) is 122 Å². The van der Waals surface area contributed by atoms with Crippen LogP contribution in [0.2, 0.25) is 0 Å². The Kier molecular flexibility index (Phi) is 21.2. The summed E-state index contributed by atoms with van der Waals surface area (Å²) in [5.41, 5.74) is 20.1. The maximum Gasteiger partial charge on any atom is 3.00 e. The standard InChI is InChI=1S/C47H41N8O.4C2H4O2.Mn/c1-53-24-17-32(18-25-53)45-38-11-9-36(49-38)44(31-5-7-35(8-6-31)56-30-4-23-48)37-10-12-39(50-37)46(33-19-26-54(2)27-20-33)41-14-16-43(52-41)47(42-15-13-40(45)51-42)34-21-28-55(3)29-22-34;4*1-2(3)4;/h5-22,24-29H,4,23,30,48H2,1-3H3;4*1H3,(H,3,4);/q+1;;;;;+3/p-4. The second-order valence-corrected chi connectivity index (χ2v) is 16.1. The molecule has 2 aliphatic rings. The van der Waals surface area contributed by atoms with E-state index in [9.17, 15) is 0 Å². The number of carbonyl (C=O) groups excluding carboxylic acids is 4. The normalized spacial score (nSPS) is 10.6. The van der Waals surface area contributed by atoms with Crippen molar-refractivity contribution >= 4 is 70.2 Å². The Balaban J connectivity index is 0.000000599. The molecule has 0 radical (unpaired) electrons. The summed E-state index contributed by atoms with van der Waals surface area (Å²) in [6.07, 6.45) is 21.5. The molecule has 0 fully saturated rings. The molecule has 0 aliphatic carbocycles. The van der Waals surface area contributed by atoms with Gasteiger partial charge in [0.15, 0.2) is 37.2 Å². The van der Waals surface area contributed by atoms with Crippen molar-refractivity contribution in [2.24, 2.45) is 26.9 Å². The number of nitrogens with two attached hydrogens (primary N) is 1. The quantitative estimate of drug-likeness (QED) is 0.129. The van der Waals surface area contributed by atoms with E-state index in [4.69, 9.17) is 70.0 Å². The average Bonchev–Trinajstić information content (AvgIpc) is 4.17. The van der Waals surface area contributed by atoms with Crippen molar-refractivity contribution in [3.63, 3.8) is 0 Å². The van der Waals surface area contributed by atoms with Crippen molar-refractivity contribution in [2.45, 2.75) is 34.1 Å². The van der Waals surface area contributed by atoms with Crippen molar-refractivity contribution in [1.29, 1.82) is 0 Å². The van der Waals surface area contributed by atoms with Gasteiger partial charge in [-0.25, -0.2) is 23.7 Å². The molecular formula is C55H53MnN8O9. The number of rotatable bonds is 8. The molecule has 17 nitrogen and oxygen atoms in total. The summed E-state index contributed by atoms with van der Waals surface area (Å²) >= 11 is 0. The van der Waals surface area contributed by atoms with Gasteiger partial charge in [-0.2, -0.15) is 0 Å². The van der Waals surface area contributed by atoms with Crippen molar-refractivity contribution in [3.05, 3.63) is 145 Å². The second kappa shape index (κ2) is 27.1. The number of aromatic nitrogens is 7. The molecule has 2 N–H and O–H groups in total. The molecule has 8 bridgehead atoms. The summed E-state index contributed by atoms with van der Waals surface area (Å²) < 4.78 is 12.1. The van der Waals surface area contributed by atoms with Crippen LogP contribution in [0, 0.1) is 0 Å². The van der Waals surface area contributed by atoms with E-state index < -0.39 is 23.9 Å². The summed E-state index contributed by atoms with van der Waals surface area (Å²) in [6, 6.07) is 29.2. The predicted octanol–water partition coefficient (Wildman–Crippen LogP) is 1.81. The van der Waals surface area contributed by atoms with Gasteiger partial charge < -0.3 is 60.0 Å². The number of hydrogen-bond donors (Lipinski definition) is 1. The maximum atomic E-state index is 8.89. The first-order chi connectivity index (χ1) is 34.3. The van der Waals surface area contributed by atoms with Gasteiger partial charge in [-0.1, -0.05) is 36.4 Å². The third-order valence-electron chi connectivity index (χ3n) is 10.2. The molecule has 7 aromatic rings. The van der Waals surface area contributed by atoms with Gasteiger partial charge in [0.25, 0.3) is 0 Å². The van der Waals surface area contributed by atoms with Crippen molar-refractivity contribution < 1.29 is 75.1 Å². The van der Waals surface area contributed by atoms with Gasteiger partial charge in [-0.05, 0) is 122 Å². The van der Waals surface area contributed by atoms with E-state index >= 15 is 0 Å². The molecule has 8 heterocycles. The first-order valence-electron chi connectivity index (χ1n) is 22.4. The number of carboxylic acids is 4. The minimum absolute atomic E-state index is 0. The van der Waals surface area contributed by atoms with Gasteiger partial charge >= 0.3 is 17.1 Å². The Morgan fingerprint density at radius 3 is 0.959 bits per heavy atom. The first-order valence-corrected chi connectivity index (χ1v) is 22.4. The summed E-state index contributed by atoms with van der Waals surface area (Å²) in [5.74, 6) is -3.54. The molecule has 374 valence electrons. The molecular weight excluding hydrogens is 972 g/mol. The van der Waals surface area contributed by atoms with Gasteiger partial charge in [0, 0.05) is 60.3 Å². The number of aliphatic carboxylic acids is 4. The minimum atomic E-state index is -1.08. The summed E-state index contributed by atoms with van der Waals surface area (Å²) in [5, 5.41) is 35.6. The molecule has 0 atom stereocenters. The van der Waals surface area contributed by atoms with Crippen molar-refractivity contribution in [1.82, 2.24) is 19.9 Å². The van der Waals surface area contributed by atoms with E-state index in [0.29, 0.717) is 13.2 Å². The fourth-order valence-corrected chi connectivity index (χ4v) is 7.26. The summed E-state index contributed by atoms with van der Waals surface area (Å²) in [7, 11) is 6.06. The van der Waals surface area contributed by atoms with Crippen LogP contribution in [0.3, 0.4) is 0 Å². The van der Waals surface area contributed by atoms with E-state index in [1.54, 1.807) is 0 Å². The van der Waals surface area contributed by atoms with Gasteiger partial charge in [-0.15, -0.1) is 22.1 Å². The largest absolute Gasteiger partial charge is 3.00 e. The number of ether oxygens (including phenoxy) is 1. The molecule has 18 heteroatoms. The van der Waals surface area contributed by atoms with Crippen LogP contribution in [0.25, 0.3) is 90.9 Å². The fraction of sp³-hybridized carbons (Fsp3) is 0.182. The smallest absolute Gasteiger partial charge is 0.657 e. The number of nitrogens with zero attached hydrogens (tertiary/aromatic N) is 7. The van der Waals surface area contributed by atoms with Crippen LogP contribution in [0.1, 0.15) is 56.9 Å². The minimum Gasteiger partial charge on any atom is -0.657 e. The monoisotopic (exact) mass is 1020 g/mol. The molecule has 0 unspecified atom stereocenters. The first kappa shape index (κ1) is 57.0. The Labute approximate surface area is 432 Å². The van der Waals surface area contributed by atoms with Gasteiger partial charge in [0.05, 0.1) is 29.4 Å². The molecule has 6 aromatic heterocycles. The number of hydrogen-bond acceptors (Lipinski definition) is 12. The molecule has 0 saturated heterocycles. The Morgan fingerprint density at radius 1 is 0.466 bits per heavy atom. The van der Waals surface area contributed by atoms with Gasteiger partial charge in [-0.3, -0.25) is 0 Å². The van der Waals surface area contributed by atoms with E-state index in [1.807, 2.05) is 47.0 Å². The zero-order valence-corrected chi connectivity index (χ0v) is 42.4. The number of fused-ring (bicyclic) bond motifs is 8. The number of aryl methyl sites for hydroxylation is 3. The van der Waals surface area contributed by atoms with Crippen LogP contribution in [0.5, 0.6) is 5.75 Å². The SMILES string of the molecule is CC(=O)[O-].CC(=O)[O-].CC(=O)[O-].CC(=O)[O-].C[n+]1ccc(-c2c3nc(c(-c4cc[n+](C)cc4)c4ccc([n-]4)c(-c4cc[n+](C)cc4)c4nc(c(-c5ccc(OCCCN)cc5)c5ccc2[n-]5)C=C4)C=C3)cc1.[Mn+3]. The van der Waals surface area contributed by atoms with Crippen molar-refractivity contribution in [3.8, 4) is 50.3 Å². The zero-order chi connectivity index (χ0) is 52.5. The van der Waals surface area contributed by atoms with Crippen LogP contribution >= 0.6 is 0 Å². The van der Waals surface area contributed by atoms with Crippen LogP contribution in [-0.4, -0.2) is 47.0 Å². The molecule has 0 saturated carbocycles. The molecule has 73 heavy (non-hydrogen) atoms. The molecule has 2 aliphatic heterocycles. The number of benzene rings is 1. The van der Waals surface area contributed by atoms with Crippen molar-refractivity contribution in [2.75, 3.05) is 13.2 Å². The van der Waals surface area contributed by atoms with E-state index in [0.717, 1.165) is 129 Å². The number of carboxylic acid groups (broad SMARTS) is 4. The zero-order valence-electron chi connectivity index (χ0n) is 41.2. The van der Waals surface area contributed by atoms with Crippen LogP contribution in [0.4, 0.5) is 0 Å². The third kappa shape index (κ3) is 16.5. The number of carbonyl (C=O) groups is 4. The topological polar surface area (TPSA) is 261 Å². The molecule has 9 rings (SSSR count). The maximum absolute atomic E-state index is 8.89. The number of pyridine rings is 3. The van der Waals surface area contributed by atoms with Crippen LogP contribution in [-0.2, 0) is 57.4 Å². The Bertz CT molecular complexity index is 3170. The average molecular weight is 1030 g/mol. The molecule has 0 amide bonds. The van der Waals surface area contributed by atoms with Crippen LogP contribution < -0.4 is 54.6 Å². The van der Waals surface area contributed by atoms with Gasteiger partial charge in [0.1, 0.15) is 26.9 Å². The molecule has 0 spiro atoms. The second-order valence-electron chi connectivity index (χ2n) is 16.1. The van der Waals surface area contributed by atoms with E-state index in [2.05, 4.69) is 134 Å².